The third kappa shape index (κ3) is 4.23. The molecule has 9 aromatic carbocycles. The Kier molecular flexibility index (Phi) is 4.76. The van der Waals surface area contributed by atoms with E-state index >= 15 is 0 Å². The molecule has 0 N–H and O–H groups in total. The lowest BCUT2D eigenvalue weighted by Crippen LogP contribution is -1.93. The molecule has 0 amide bonds. The van der Waals surface area contributed by atoms with Gasteiger partial charge in [-0.1, -0.05) is 176 Å². The van der Waals surface area contributed by atoms with Gasteiger partial charge in [0.1, 0.15) is 0 Å². The molecular formula is C46H30. The summed E-state index contributed by atoms with van der Waals surface area (Å²) in [5, 5.41) is 4.75. The smallest absolute Gasteiger partial charge is 0.0622 e. The van der Waals surface area contributed by atoms with Crippen LogP contribution in [0.3, 0.4) is 0 Å². The normalized spacial score (nSPS) is 13.6. The Morgan fingerprint density at radius 3 is 1.61 bits per heavy atom. The van der Waals surface area contributed by atoms with Gasteiger partial charge >= 0.3 is 0 Å². The monoisotopic (exact) mass is 589 g/mol. The predicted octanol–water partition coefficient (Wildman–Crippen LogP) is 13.0. The molecule has 9 rings (SSSR count). The van der Waals surface area contributed by atoms with Gasteiger partial charge in [-0.2, -0.15) is 0 Å². The molecule has 0 saturated carbocycles. The summed E-state index contributed by atoms with van der Waals surface area (Å²) in [5.74, 6) is 0. The number of hydrogen-bond acceptors (Lipinski definition) is 0. The van der Waals surface area contributed by atoms with E-state index in [1.807, 2.05) is 140 Å². The van der Waals surface area contributed by atoms with Gasteiger partial charge in [-0.05, 0) is 93.6 Å². The van der Waals surface area contributed by atoms with Crippen molar-refractivity contribution in [2.75, 3.05) is 0 Å². The SMILES string of the molecule is [2H]c1c([2H])c([2H])c2c(-c3ccc(-c4ccccc4)c4ccccc34)c3c([2H])c([2H])c(-c4cccc5ccccc45)c([2H])c3c(-c3ccccc3)c2c1[2H]. The van der Waals surface area contributed by atoms with E-state index in [2.05, 4.69) is 0 Å². The van der Waals surface area contributed by atoms with Crippen LogP contribution in [0.4, 0.5) is 0 Å². The molecule has 0 saturated heterocycles. The van der Waals surface area contributed by atoms with E-state index < -0.39 is 0 Å². The van der Waals surface area contributed by atoms with E-state index in [0.29, 0.717) is 44.2 Å². The fourth-order valence-corrected chi connectivity index (χ4v) is 6.85. The van der Waals surface area contributed by atoms with Gasteiger partial charge in [-0.25, -0.2) is 0 Å². The van der Waals surface area contributed by atoms with Crippen LogP contribution in [-0.2, 0) is 0 Å². The molecule has 0 aliphatic rings. The largest absolute Gasteiger partial charge is 0.0636 e. The van der Waals surface area contributed by atoms with Crippen molar-refractivity contribution in [1.82, 2.24) is 0 Å². The first-order valence-corrected chi connectivity index (χ1v) is 15.4. The van der Waals surface area contributed by atoms with Crippen molar-refractivity contribution < 1.29 is 9.60 Å². The minimum atomic E-state index is -0.386. The second kappa shape index (κ2) is 10.9. The highest BCUT2D eigenvalue weighted by atomic mass is 14.2. The van der Waals surface area contributed by atoms with Crippen molar-refractivity contribution in [2.24, 2.45) is 0 Å². The minimum absolute atomic E-state index is 0.0250. The molecule has 214 valence electrons. The minimum Gasteiger partial charge on any atom is -0.0622 e. The maximum absolute atomic E-state index is 10.0. The predicted molar refractivity (Wildman–Crippen MR) is 198 cm³/mol. The Hall–Kier alpha value is -5.98. The Morgan fingerprint density at radius 2 is 0.848 bits per heavy atom. The fraction of sp³-hybridized carbons (Fsp3) is 0. The van der Waals surface area contributed by atoms with Crippen LogP contribution >= 0.6 is 0 Å². The lowest BCUT2D eigenvalue weighted by molar-refractivity contribution is 1.64. The molecule has 0 aromatic heterocycles. The molecule has 9 aromatic rings. The Labute approximate surface area is 278 Å². The summed E-state index contributed by atoms with van der Waals surface area (Å²) in [6.45, 7) is 0. The van der Waals surface area contributed by atoms with Crippen LogP contribution in [0.1, 0.15) is 9.60 Å². The summed E-state index contributed by atoms with van der Waals surface area (Å²) >= 11 is 0. The third-order valence-electron chi connectivity index (χ3n) is 8.90. The van der Waals surface area contributed by atoms with Crippen molar-refractivity contribution in [3.05, 3.63) is 182 Å². The molecule has 0 fully saturated rings. The first-order chi connectivity index (χ1) is 25.8. The molecule has 0 heteroatoms. The fourth-order valence-electron chi connectivity index (χ4n) is 6.85. The van der Waals surface area contributed by atoms with Crippen LogP contribution in [0.15, 0.2) is 182 Å². The summed E-state index contributed by atoms with van der Waals surface area (Å²) in [7, 11) is 0. The molecule has 0 atom stereocenters. The van der Waals surface area contributed by atoms with E-state index in [1.165, 1.54) is 0 Å². The molecule has 0 nitrogen and oxygen atoms in total. The van der Waals surface area contributed by atoms with Gasteiger partial charge in [0.15, 0.2) is 0 Å². The Bertz CT molecular complexity index is 2950. The van der Waals surface area contributed by atoms with Gasteiger partial charge in [-0.15, -0.1) is 0 Å². The summed E-state index contributed by atoms with van der Waals surface area (Å²) in [4.78, 5) is 0. The maximum Gasteiger partial charge on any atom is 0.0636 e. The summed E-state index contributed by atoms with van der Waals surface area (Å²) in [6.07, 6.45) is 0. The second-order valence-electron chi connectivity index (χ2n) is 11.5. The zero-order valence-electron chi connectivity index (χ0n) is 31.8. The van der Waals surface area contributed by atoms with Crippen LogP contribution in [-0.4, -0.2) is 0 Å². The van der Waals surface area contributed by atoms with Gasteiger partial charge in [0.05, 0.1) is 9.60 Å². The Morgan fingerprint density at radius 1 is 0.304 bits per heavy atom. The van der Waals surface area contributed by atoms with Crippen molar-refractivity contribution in [1.29, 1.82) is 0 Å². The van der Waals surface area contributed by atoms with E-state index in [9.17, 15) is 6.85 Å². The highest BCUT2D eigenvalue weighted by Crippen LogP contribution is 2.47. The topological polar surface area (TPSA) is 0 Å². The van der Waals surface area contributed by atoms with E-state index in [-0.39, 0.29) is 53.1 Å². The van der Waals surface area contributed by atoms with Gasteiger partial charge in [0, 0.05) is 0 Å². The zero-order chi connectivity index (χ0) is 36.5. The van der Waals surface area contributed by atoms with Crippen LogP contribution in [0.2, 0.25) is 0 Å². The van der Waals surface area contributed by atoms with E-state index in [4.69, 9.17) is 2.74 Å². The summed E-state index contributed by atoms with van der Waals surface area (Å²) < 4.78 is 66.1. The number of benzene rings is 9. The van der Waals surface area contributed by atoms with E-state index in [0.717, 1.165) is 32.7 Å². The molecule has 0 radical (unpaired) electrons. The second-order valence-corrected chi connectivity index (χ2v) is 11.5. The lowest BCUT2D eigenvalue weighted by Gasteiger charge is -2.20. The van der Waals surface area contributed by atoms with Crippen LogP contribution in [0.25, 0.3) is 87.6 Å². The Balaban J connectivity index is 1.56. The molecule has 0 unspecified atom stereocenters. The number of hydrogen-bond donors (Lipinski definition) is 0. The van der Waals surface area contributed by atoms with Crippen LogP contribution in [0, 0.1) is 0 Å². The summed E-state index contributed by atoms with van der Waals surface area (Å²) in [6, 6.07) is 43.4. The standard InChI is InChI=1S/C46H30/c1-3-14-31(15-4-1)37-28-29-42(39-22-10-9-21-38(37)39)46-41-24-12-11-23-40(41)45(33-17-5-2-6-18-33)44-30-34(26-27-43(44)46)36-25-13-19-32-16-7-8-20-35(32)36/h1-30H/i11D,12D,23D,24D,26D,27D,30D. The van der Waals surface area contributed by atoms with E-state index in [1.54, 1.807) is 0 Å². The first-order valence-electron chi connectivity index (χ1n) is 18.9. The highest BCUT2D eigenvalue weighted by Gasteiger charge is 2.20. The molecule has 0 aliphatic carbocycles. The number of rotatable bonds is 4. The van der Waals surface area contributed by atoms with Gasteiger partial charge in [0.2, 0.25) is 0 Å². The first kappa shape index (κ1) is 20.1. The van der Waals surface area contributed by atoms with Gasteiger partial charge in [0.25, 0.3) is 0 Å². The van der Waals surface area contributed by atoms with Crippen molar-refractivity contribution in [3.8, 4) is 44.5 Å². The zero-order valence-corrected chi connectivity index (χ0v) is 24.8. The molecule has 46 heavy (non-hydrogen) atoms. The highest BCUT2D eigenvalue weighted by molar-refractivity contribution is 6.24. The molecule has 0 aliphatic heterocycles. The van der Waals surface area contributed by atoms with Crippen LogP contribution < -0.4 is 0 Å². The summed E-state index contributed by atoms with van der Waals surface area (Å²) in [5.41, 5.74) is 5.13. The lowest BCUT2D eigenvalue weighted by atomic mass is 9.83. The van der Waals surface area contributed by atoms with Crippen LogP contribution in [0.5, 0.6) is 0 Å². The van der Waals surface area contributed by atoms with Gasteiger partial charge in [-0.3, -0.25) is 0 Å². The molecule has 0 bridgehead atoms. The molecule has 0 spiro atoms. The van der Waals surface area contributed by atoms with Crippen molar-refractivity contribution in [3.63, 3.8) is 0 Å². The molecule has 0 heterocycles. The average molecular weight is 590 g/mol. The average Bonchev–Trinajstić information content (AvgIpc) is 3.20. The van der Waals surface area contributed by atoms with Gasteiger partial charge < -0.3 is 0 Å². The quantitative estimate of drug-likeness (QED) is 0.179. The third-order valence-corrected chi connectivity index (χ3v) is 8.90. The number of fused-ring (bicyclic) bond motifs is 4. The maximum atomic E-state index is 10.0. The van der Waals surface area contributed by atoms with Crippen molar-refractivity contribution >= 4 is 43.1 Å². The van der Waals surface area contributed by atoms with Crippen molar-refractivity contribution in [2.45, 2.75) is 0 Å². The molecular weight excluding hydrogens is 553 g/mol.